The SMILES string of the molecule is C[C@H](NC1CCCCC1C(F)(F)F)c1ccncc1. The number of nitrogens with one attached hydrogen (secondary N) is 1. The summed E-state index contributed by atoms with van der Waals surface area (Å²) in [6, 6.07) is 3.11. The van der Waals surface area contributed by atoms with Crippen LogP contribution >= 0.6 is 0 Å². The normalized spacial score (nSPS) is 26.1. The van der Waals surface area contributed by atoms with Crippen LogP contribution < -0.4 is 5.32 Å². The van der Waals surface area contributed by atoms with Crippen LogP contribution in [0, 0.1) is 5.92 Å². The number of aromatic nitrogens is 1. The second kappa shape index (κ2) is 5.90. The van der Waals surface area contributed by atoms with Gasteiger partial charge in [0.2, 0.25) is 0 Å². The van der Waals surface area contributed by atoms with E-state index in [1.165, 1.54) is 0 Å². The van der Waals surface area contributed by atoms with Crippen LogP contribution in [-0.2, 0) is 0 Å². The van der Waals surface area contributed by atoms with Crippen molar-refractivity contribution in [1.29, 1.82) is 0 Å². The van der Waals surface area contributed by atoms with E-state index < -0.39 is 18.1 Å². The summed E-state index contributed by atoms with van der Waals surface area (Å²) in [5.41, 5.74) is 0.974. The smallest absolute Gasteiger partial charge is 0.307 e. The maximum absolute atomic E-state index is 13.0. The third-order valence-electron chi connectivity index (χ3n) is 3.86. The van der Waals surface area contributed by atoms with Gasteiger partial charge in [-0.25, -0.2) is 0 Å². The van der Waals surface area contributed by atoms with Gasteiger partial charge in [-0.2, -0.15) is 13.2 Å². The van der Waals surface area contributed by atoms with Crippen molar-refractivity contribution in [2.45, 2.75) is 50.9 Å². The van der Waals surface area contributed by atoms with Gasteiger partial charge in [0.1, 0.15) is 0 Å². The summed E-state index contributed by atoms with van der Waals surface area (Å²) in [7, 11) is 0. The number of alkyl halides is 3. The molecule has 0 amide bonds. The Morgan fingerprint density at radius 1 is 1.21 bits per heavy atom. The Balaban J connectivity index is 2.04. The number of rotatable bonds is 3. The van der Waals surface area contributed by atoms with Gasteiger partial charge in [-0.3, -0.25) is 4.98 Å². The Hall–Kier alpha value is -1.10. The summed E-state index contributed by atoms with van der Waals surface area (Å²) in [6.07, 6.45) is 1.60. The van der Waals surface area contributed by atoms with Gasteiger partial charge < -0.3 is 5.32 Å². The molecule has 0 radical (unpaired) electrons. The lowest BCUT2D eigenvalue weighted by atomic mass is 9.83. The van der Waals surface area contributed by atoms with E-state index in [1.54, 1.807) is 12.4 Å². The van der Waals surface area contributed by atoms with E-state index in [0.717, 1.165) is 12.0 Å². The van der Waals surface area contributed by atoms with E-state index in [1.807, 2.05) is 19.1 Å². The van der Waals surface area contributed by atoms with Crippen molar-refractivity contribution in [3.8, 4) is 0 Å². The molecule has 0 saturated heterocycles. The zero-order chi connectivity index (χ0) is 13.9. The molecule has 1 heterocycles. The summed E-state index contributed by atoms with van der Waals surface area (Å²) in [5.74, 6) is -1.22. The first-order valence-corrected chi connectivity index (χ1v) is 6.71. The summed E-state index contributed by atoms with van der Waals surface area (Å²) in [4.78, 5) is 3.92. The average molecular weight is 272 g/mol. The maximum atomic E-state index is 13.0. The minimum absolute atomic E-state index is 0.0871. The molecule has 106 valence electrons. The molecule has 0 bridgehead atoms. The van der Waals surface area contributed by atoms with Gasteiger partial charge >= 0.3 is 6.18 Å². The fraction of sp³-hybridized carbons (Fsp3) is 0.643. The van der Waals surface area contributed by atoms with Crippen LogP contribution in [0.4, 0.5) is 13.2 Å². The van der Waals surface area contributed by atoms with Gasteiger partial charge in [-0.15, -0.1) is 0 Å². The zero-order valence-electron chi connectivity index (χ0n) is 11.0. The molecule has 1 N–H and O–H groups in total. The fourth-order valence-electron chi connectivity index (χ4n) is 2.79. The van der Waals surface area contributed by atoms with E-state index in [2.05, 4.69) is 10.3 Å². The number of nitrogens with zero attached hydrogens (tertiary/aromatic N) is 1. The van der Waals surface area contributed by atoms with Gasteiger partial charge in [-0.05, 0) is 37.5 Å². The fourth-order valence-corrected chi connectivity index (χ4v) is 2.79. The summed E-state index contributed by atoms with van der Waals surface area (Å²) >= 11 is 0. The first kappa shape index (κ1) is 14.3. The minimum Gasteiger partial charge on any atom is -0.307 e. The molecule has 3 atom stereocenters. The summed E-state index contributed by atoms with van der Waals surface area (Å²) in [6.45, 7) is 1.90. The lowest BCUT2D eigenvalue weighted by Crippen LogP contribution is -2.46. The molecule has 2 rings (SSSR count). The predicted molar refractivity (Wildman–Crippen MR) is 67.6 cm³/mol. The van der Waals surface area contributed by atoms with Crippen molar-refractivity contribution in [2.24, 2.45) is 5.92 Å². The molecule has 0 aliphatic heterocycles. The Kier molecular flexibility index (Phi) is 4.45. The third-order valence-corrected chi connectivity index (χ3v) is 3.86. The molecule has 19 heavy (non-hydrogen) atoms. The number of pyridine rings is 1. The Morgan fingerprint density at radius 3 is 2.47 bits per heavy atom. The lowest BCUT2D eigenvalue weighted by Gasteiger charge is -2.35. The molecule has 0 aromatic carbocycles. The molecular formula is C14H19F3N2. The van der Waals surface area contributed by atoms with E-state index in [-0.39, 0.29) is 12.5 Å². The van der Waals surface area contributed by atoms with Crippen LogP contribution in [0.5, 0.6) is 0 Å². The molecule has 1 saturated carbocycles. The standard InChI is InChI=1S/C14H19F3N2/c1-10(11-6-8-18-9-7-11)19-13-5-3-2-4-12(13)14(15,16)17/h6-10,12-13,19H,2-5H2,1H3/t10-,12?,13?/m0/s1. The summed E-state index contributed by atoms with van der Waals surface area (Å²) in [5, 5.41) is 3.14. The van der Waals surface area contributed by atoms with Crippen molar-refractivity contribution in [1.82, 2.24) is 10.3 Å². The molecule has 2 nitrogen and oxygen atoms in total. The molecule has 5 heteroatoms. The van der Waals surface area contributed by atoms with Crippen molar-refractivity contribution < 1.29 is 13.2 Å². The summed E-state index contributed by atoms with van der Waals surface area (Å²) < 4.78 is 39.0. The van der Waals surface area contributed by atoms with Crippen LogP contribution in [0.3, 0.4) is 0 Å². The van der Waals surface area contributed by atoms with Crippen molar-refractivity contribution in [3.05, 3.63) is 30.1 Å². The lowest BCUT2D eigenvalue weighted by molar-refractivity contribution is -0.189. The highest BCUT2D eigenvalue weighted by Gasteiger charge is 2.45. The topological polar surface area (TPSA) is 24.9 Å². The van der Waals surface area contributed by atoms with E-state index in [4.69, 9.17) is 0 Å². The zero-order valence-corrected chi connectivity index (χ0v) is 11.0. The number of hydrogen-bond acceptors (Lipinski definition) is 2. The molecule has 1 aliphatic carbocycles. The molecule has 1 aromatic rings. The average Bonchev–Trinajstić information content (AvgIpc) is 2.39. The highest BCUT2D eigenvalue weighted by molar-refractivity contribution is 5.14. The van der Waals surface area contributed by atoms with Gasteiger partial charge in [-0.1, -0.05) is 12.8 Å². The third kappa shape index (κ3) is 3.69. The number of halogens is 3. The van der Waals surface area contributed by atoms with Gasteiger partial charge in [0.15, 0.2) is 0 Å². The molecular weight excluding hydrogens is 253 g/mol. The molecule has 2 unspecified atom stereocenters. The Bertz CT molecular complexity index is 391. The number of hydrogen-bond donors (Lipinski definition) is 1. The quantitative estimate of drug-likeness (QED) is 0.904. The van der Waals surface area contributed by atoms with Crippen LogP contribution in [0.25, 0.3) is 0 Å². The predicted octanol–water partition coefficient (Wildman–Crippen LogP) is 3.85. The first-order valence-electron chi connectivity index (χ1n) is 6.71. The van der Waals surface area contributed by atoms with Crippen LogP contribution in [0.1, 0.15) is 44.2 Å². The van der Waals surface area contributed by atoms with E-state index >= 15 is 0 Å². The van der Waals surface area contributed by atoms with E-state index in [9.17, 15) is 13.2 Å². The largest absolute Gasteiger partial charge is 0.393 e. The second-order valence-electron chi connectivity index (χ2n) is 5.21. The highest BCUT2D eigenvalue weighted by Crippen LogP contribution is 2.38. The van der Waals surface area contributed by atoms with Gasteiger partial charge in [0.25, 0.3) is 0 Å². The van der Waals surface area contributed by atoms with Crippen molar-refractivity contribution in [3.63, 3.8) is 0 Å². The first-order chi connectivity index (χ1) is 8.98. The van der Waals surface area contributed by atoms with Crippen LogP contribution in [-0.4, -0.2) is 17.2 Å². The van der Waals surface area contributed by atoms with Crippen LogP contribution in [0.15, 0.2) is 24.5 Å². The second-order valence-corrected chi connectivity index (χ2v) is 5.21. The Labute approximate surface area is 111 Å². The molecule has 1 aliphatic rings. The molecule has 1 fully saturated rings. The molecule has 0 spiro atoms. The minimum atomic E-state index is -4.10. The van der Waals surface area contributed by atoms with Crippen molar-refractivity contribution in [2.75, 3.05) is 0 Å². The van der Waals surface area contributed by atoms with E-state index in [0.29, 0.717) is 12.8 Å². The highest BCUT2D eigenvalue weighted by atomic mass is 19.4. The Morgan fingerprint density at radius 2 is 1.84 bits per heavy atom. The van der Waals surface area contributed by atoms with Crippen LogP contribution in [0.2, 0.25) is 0 Å². The monoisotopic (exact) mass is 272 g/mol. The molecule has 1 aromatic heterocycles. The van der Waals surface area contributed by atoms with Crippen molar-refractivity contribution >= 4 is 0 Å². The van der Waals surface area contributed by atoms with Gasteiger partial charge in [0, 0.05) is 24.5 Å². The maximum Gasteiger partial charge on any atom is 0.393 e. The van der Waals surface area contributed by atoms with Gasteiger partial charge in [0.05, 0.1) is 5.92 Å².